The highest BCUT2D eigenvalue weighted by atomic mass is 16.5. The Morgan fingerprint density at radius 3 is 2.77 bits per heavy atom. The number of aromatic nitrogens is 1. The quantitative estimate of drug-likeness (QED) is 0.721. The predicted octanol–water partition coefficient (Wildman–Crippen LogP) is 3.86. The Labute approximate surface area is 153 Å². The van der Waals surface area contributed by atoms with Crippen LogP contribution in [0.4, 0.5) is 0 Å². The van der Waals surface area contributed by atoms with Gasteiger partial charge in [0.1, 0.15) is 18.2 Å². The van der Waals surface area contributed by atoms with E-state index < -0.39 is 0 Å². The van der Waals surface area contributed by atoms with Crippen molar-refractivity contribution in [2.45, 2.75) is 32.5 Å². The largest absolute Gasteiger partial charge is 0.487 e. The monoisotopic (exact) mass is 345 g/mol. The maximum atomic E-state index is 6.26. The Morgan fingerprint density at radius 1 is 1.08 bits per heavy atom. The van der Waals surface area contributed by atoms with Gasteiger partial charge in [0.2, 0.25) is 0 Å². The van der Waals surface area contributed by atoms with E-state index in [2.05, 4.69) is 65.9 Å². The summed E-state index contributed by atoms with van der Waals surface area (Å²) < 4.78 is 8.69. The van der Waals surface area contributed by atoms with Gasteiger partial charge >= 0.3 is 0 Å². The first kappa shape index (κ1) is 15.5. The molecule has 1 aromatic heterocycles. The van der Waals surface area contributed by atoms with Crippen LogP contribution >= 0.6 is 0 Å². The molecule has 5 rings (SSSR count). The Kier molecular flexibility index (Phi) is 3.52. The summed E-state index contributed by atoms with van der Waals surface area (Å²) in [6.45, 7) is 4.75. The van der Waals surface area contributed by atoms with E-state index in [1.54, 1.807) is 0 Å². The summed E-state index contributed by atoms with van der Waals surface area (Å²) >= 11 is 0. The first-order chi connectivity index (χ1) is 12.7. The fourth-order valence-electron chi connectivity index (χ4n) is 4.23. The molecule has 0 saturated heterocycles. The summed E-state index contributed by atoms with van der Waals surface area (Å²) in [6.07, 6.45) is 0.998. The predicted molar refractivity (Wildman–Crippen MR) is 105 cm³/mol. The van der Waals surface area contributed by atoms with Crippen LogP contribution in [0.3, 0.4) is 0 Å². The van der Waals surface area contributed by atoms with Crippen LogP contribution < -0.4 is 4.74 Å². The van der Waals surface area contributed by atoms with E-state index in [1.165, 1.54) is 27.7 Å². The average molecular weight is 345 g/mol. The molecule has 3 aromatic rings. The molecule has 0 saturated carbocycles. The lowest BCUT2D eigenvalue weighted by Gasteiger charge is -2.32. The molecule has 132 valence electrons. The van der Waals surface area contributed by atoms with Crippen molar-refractivity contribution in [1.29, 1.82) is 0 Å². The molecule has 1 atom stereocenters. The van der Waals surface area contributed by atoms with Crippen molar-refractivity contribution in [3.63, 3.8) is 0 Å². The van der Waals surface area contributed by atoms with Crippen LogP contribution in [0.5, 0.6) is 5.75 Å². The van der Waals surface area contributed by atoms with Gasteiger partial charge in [-0.1, -0.05) is 42.5 Å². The second-order valence-electron chi connectivity index (χ2n) is 7.33. The van der Waals surface area contributed by atoms with E-state index in [9.17, 15) is 0 Å². The van der Waals surface area contributed by atoms with E-state index in [4.69, 9.17) is 9.73 Å². The number of fused-ring (bicyclic) bond motifs is 3. The van der Waals surface area contributed by atoms with Gasteiger partial charge in [0.05, 0.1) is 17.3 Å². The number of benzene rings is 2. The standard InChI is InChI=1S/C22H23N3O/c1-15-13-18-17-9-6-10-19(26-14-16-7-4-3-5-8-16)20(17)25-12-11-24(2)22(23-15)21(18)25/h3-10,15H,11-14H2,1-2H3. The zero-order valence-electron chi connectivity index (χ0n) is 15.3. The van der Waals surface area contributed by atoms with Crippen LogP contribution in [-0.4, -0.2) is 34.9 Å². The number of aliphatic imine (C=N–C) groups is 1. The summed E-state index contributed by atoms with van der Waals surface area (Å²) in [7, 11) is 2.15. The molecule has 0 fully saturated rings. The molecule has 2 aliphatic rings. The Balaban J connectivity index is 1.63. The number of hydrogen-bond acceptors (Lipinski definition) is 3. The molecule has 4 nitrogen and oxygen atoms in total. The Hall–Kier alpha value is -2.75. The Bertz CT molecular complexity index is 1000. The van der Waals surface area contributed by atoms with Gasteiger partial charge in [-0.3, -0.25) is 4.99 Å². The first-order valence-corrected chi connectivity index (χ1v) is 9.32. The van der Waals surface area contributed by atoms with Gasteiger partial charge in [-0.05, 0) is 30.5 Å². The summed E-state index contributed by atoms with van der Waals surface area (Å²) in [5.41, 5.74) is 5.13. The maximum Gasteiger partial charge on any atom is 0.148 e. The van der Waals surface area contributed by atoms with Crippen LogP contribution in [0, 0.1) is 0 Å². The lowest BCUT2D eigenvalue weighted by molar-refractivity contribution is 0.308. The topological polar surface area (TPSA) is 29.8 Å². The summed E-state index contributed by atoms with van der Waals surface area (Å²) in [6, 6.07) is 17.1. The van der Waals surface area contributed by atoms with Gasteiger partial charge in [-0.15, -0.1) is 0 Å². The van der Waals surface area contributed by atoms with Crippen molar-refractivity contribution in [2.24, 2.45) is 4.99 Å². The van der Waals surface area contributed by atoms with Crippen LogP contribution in [-0.2, 0) is 19.6 Å². The molecule has 1 unspecified atom stereocenters. The number of likely N-dealkylation sites (N-methyl/N-ethyl adjacent to an activating group) is 1. The number of amidine groups is 1. The Morgan fingerprint density at radius 2 is 1.92 bits per heavy atom. The number of para-hydroxylation sites is 1. The van der Waals surface area contributed by atoms with Gasteiger partial charge in [0, 0.05) is 25.5 Å². The van der Waals surface area contributed by atoms with Crippen LogP contribution in [0.15, 0.2) is 53.5 Å². The van der Waals surface area contributed by atoms with Crippen LogP contribution in [0.1, 0.15) is 23.7 Å². The summed E-state index contributed by atoms with van der Waals surface area (Å²) in [4.78, 5) is 7.22. The third-order valence-electron chi connectivity index (χ3n) is 5.46. The van der Waals surface area contributed by atoms with E-state index in [1.807, 2.05) is 6.07 Å². The average Bonchev–Trinajstić information content (AvgIpc) is 2.99. The zero-order valence-corrected chi connectivity index (χ0v) is 15.3. The van der Waals surface area contributed by atoms with Crippen LogP contribution in [0.2, 0.25) is 0 Å². The number of rotatable bonds is 3. The van der Waals surface area contributed by atoms with Gasteiger partial charge in [-0.25, -0.2) is 0 Å². The van der Waals surface area contributed by atoms with Gasteiger partial charge in [0.15, 0.2) is 0 Å². The molecular weight excluding hydrogens is 322 g/mol. The number of nitrogens with zero attached hydrogens (tertiary/aromatic N) is 3. The summed E-state index contributed by atoms with van der Waals surface area (Å²) in [5, 5.41) is 1.32. The lowest BCUT2D eigenvalue weighted by atomic mass is 9.99. The molecular formula is C22H23N3O. The maximum absolute atomic E-state index is 6.26. The van der Waals surface area contributed by atoms with Crippen molar-refractivity contribution in [3.8, 4) is 5.75 Å². The van der Waals surface area contributed by atoms with Crippen molar-refractivity contribution in [2.75, 3.05) is 13.6 Å². The van der Waals surface area contributed by atoms with E-state index in [0.717, 1.165) is 31.1 Å². The summed E-state index contributed by atoms with van der Waals surface area (Å²) in [5.74, 6) is 2.10. The second-order valence-corrected chi connectivity index (χ2v) is 7.33. The fraction of sp³-hybridized carbons (Fsp3) is 0.318. The normalized spacial score (nSPS) is 18.6. The van der Waals surface area contributed by atoms with Gasteiger partial charge in [-0.2, -0.15) is 0 Å². The van der Waals surface area contributed by atoms with Crippen molar-refractivity contribution in [1.82, 2.24) is 9.47 Å². The fourth-order valence-corrected chi connectivity index (χ4v) is 4.23. The van der Waals surface area contributed by atoms with Crippen molar-refractivity contribution in [3.05, 3.63) is 65.4 Å². The second kappa shape index (κ2) is 5.90. The molecule has 0 amide bonds. The number of hydrogen-bond donors (Lipinski definition) is 0. The zero-order chi connectivity index (χ0) is 17.7. The van der Waals surface area contributed by atoms with Crippen molar-refractivity contribution >= 4 is 16.7 Å². The van der Waals surface area contributed by atoms with E-state index in [-0.39, 0.29) is 0 Å². The minimum atomic E-state index is 0.325. The van der Waals surface area contributed by atoms with E-state index in [0.29, 0.717) is 12.6 Å². The molecule has 26 heavy (non-hydrogen) atoms. The highest BCUT2D eigenvalue weighted by Crippen LogP contribution is 2.38. The first-order valence-electron chi connectivity index (χ1n) is 9.32. The molecule has 2 aromatic carbocycles. The minimum absolute atomic E-state index is 0.325. The smallest absolute Gasteiger partial charge is 0.148 e. The van der Waals surface area contributed by atoms with E-state index >= 15 is 0 Å². The highest BCUT2D eigenvalue weighted by molar-refractivity contribution is 6.07. The third kappa shape index (κ3) is 2.32. The minimum Gasteiger partial charge on any atom is -0.487 e. The molecule has 0 N–H and O–H groups in total. The van der Waals surface area contributed by atoms with Gasteiger partial charge in [0.25, 0.3) is 0 Å². The molecule has 0 bridgehead atoms. The number of ether oxygens (including phenoxy) is 1. The molecule has 0 aliphatic carbocycles. The van der Waals surface area contributed by atoms with Crippen molar-refractivity contribution < 1.29 is 4.74 Å². The third-order valence-corrected chi connectivity index (χ3v) is 5.46. The molecule has 0 radical (unpaired) electrons. The molecule has 2 aliphatic heterocycles. The highest BCUT2D eigenvalue weighted by Gasteiger charge is 2.32. The SMILES string of the molecule is CC1Cc2c3n(c4c(OCc5ccccc5)cccc24)CCN(C)C3=N1. The van der Waals surface area contributed by atoms with Crippen LogP contribution in [0.25, 0.3) is 10.9 Å². The van der Waals surface area contributed by atoms with Gasteiger partial charge < -0.3 is 14.2 Å². The molecule has 3 heterocycles. The molecule has 0 spiro atoms. The lowest BCUT2D eigenvalue weighted by Crippen LogP contribution is -2.40. The molecule has 4 heteroatoms.